The number of amidine groups is 1. The van der Waals surface area contributed by atoms with Gasteiger partial charge in [-0.25, -0.2) is 8.78 Å². The molecule has 2 aromatic rings. The van der Waals surface area contributed by atoms with Crippen LogP contribution in [0.15, 0.2) is 64.5 Å². The van der Waals surface area contributed by atoms with Crippen LogP contribution >= 0.6 is 0 Å². The summed E-state index contributed by atoms with van der Waals surface area (Å²) in [6.45, 7) is 1.78. The number of quaternary nitrogens is 1. The first-order valence-electron chi connectivity index (χ1n) is 8.63. The summed E-state index contributed by atoms with van der Waals surface area (Å²) < 4.78 is 65.8. The van der Waals surface area contributed by atoms with Crippen LogP contribution in [0.2, 0.25) is 0 Å². The van der Waals surface area contributed by atoms with Crippen molar-refractivity contribution in [3.63, 3.8) is 0 Å². The van der Waals surface area contributed by atoms with E-state index in [1.54, 1.807) is 6.92 Å². The van der Waals surface area contributed by atoms with Crippen LogP contribution in [0.4, 0.5) is 27.6 Å². The Balaban J connectivity index is 1.90. The van der Waals surface area contributed by atoms with Gasteiger partial charge >= 0.3 is 12.0 Å². The number of allylic oxidation sites excluding steroid dienone is 1. The molecule has 0 fully saturated rings. The number of Topliss-reactive ketones (excluding diaryl/α,β-unsaturated/α-hetero) is 1. The fourth-order valence-electron chi connectivity index (χ4n) is 3.45. The first kappa shape index (κ1) is 19.1. The molecule has 2 aliphatic heterocycles. The molecule has 29 heavy (non-hydrogen) atoms. The predicted octanol–water partition coefficient (Wildman–Crippen LogP) is 4.94. The lowest BCUT2D eigenvalue weighted by molar-refractivity contribution is -0.137. The minimum Gasteiger partial charge on any atom is -0.278 e. The maximum Gasteiger partial charge on any atom is 0.416 e. The van der Waals surface area contributed by atoms with Crippen molar-refractivity contribution in [1.82, 2.24) is 4.59 Å². The standard InChI is InChI=1S/C20H13F5N3O/c1-2-13-10-26-19-18(29)17(15-8-5-12(21)9-16(15)22)27-28(13,19)14-6-3-11(4-7-14)20(23,24)25/h3-10H,2H2,1H3/q+1. The number of fused-ring (bicyclic) bond motifs is 1. The second-order valence-electron chi connectivity index (χ2n) is 6.51. The summed E-state index contributed by atoms with van der Waals surface area (Å²) in [5.41, 5.74) is -0.522. The predicted molar refractivity (Wildman–Crippen MR) is 96.9 cm³/mol. The van der Waals surface area contributed by atoms with Gasteiger partial charge in [-0.2, -0.15) is 18.2 Å². The summed E-state index contributed by atoms with van der Waals surface area (Å²) in [4.78, 5) is 17.1. The molecule has 2 aromatic carbocycles. The van der Waals surface area contributed by atoms with Crippen molar-refractivity contribution in [3.8, 4) is 0 Å². The maximum absolute atomic E-state index is 14.3. The molecule has 1 unspecified atom stereocenters. The van der Waals surface area contributed by atoms with Gasteiger partial charge < -0.3 is 0 Å². The molecule has 2 heterocycles. The van der Waals surface area contributed by atoms with Gasteiger partial charge in [0.1, 0.15) is 11.6 Å². The van der Waals surface area contributed by atoms with Crippen LogP contribution in [0, 0.1) is 11.6 Å². The normalized spacial score (nSPS) is 21.0. The molecule has 0 bridgehead atoms. The van der Waals surface area contributed by atoms with E-state index in [-0.39, 0.29) is 22.8 Å². The van der Waals surface area contributed by atoms with Crippen molar-refractivity contribution in [2.24, 2.45) is 10.1 Å². The number of carbonyl (C=O) groups is 1. The second kappa shape index (κ2) is 6.41. The quantitative estimate of drug-likeness (QED) is 0.526. The summed E-state index contributed by atoms with van der Waals surface area (Å²) in [6.07, 6.45) is -2.69. The van der Waals surface area contributed by atoms with Gasteiger partial charge in [0.2, 0.25) is 0 Å². The van der Waals surface area contributed by atoms with Gasteiger partial charge in [0, 0.05) is 30.2 Å². The minimum absolute atomic E-state index is 0.0691. The number of halogens is 5. The Hall–Kier alpha value is -3.20. The summed E-state index contributed by atoms with van der Waals surface area (Å²) in [5, 5.41) is 4.40. The maximum atomic E-state index is 14.3. The summed E-state index contributed by atoms with van der Waals surface area (Å²) >= 11 is 0. The van der Waals surface area contributed by atoms with Gasteiger partial charge in [-0.15, -0.1) is 0 Å². The molecule has 0 aliphatic carbocycles. The first-order valence-corrected chi connectivity index (χ1v) is 8.63. The molecule has 4 nitrogen and oxygen atoms in total. The topological polar surface area (TPSA) is 41.8 Å². The van der Waals surface area contributed by atoms with Gasteiger partial charge in [0.15, 0.2) is 17.1 Å². The lowest BCUT2D eigenvalue weighted by Gasteiger charge is -2.25. The highest BCUT2D eigenvalue weighted by Gasteiger charge is 2.56. The lowest BCUT2D eigenvalue weighted by Crippen LogP contribution is -2.45. The molecule has 0 amide bonds. The Bertz CT molecular complexity index is 1120. The average molecular weight is 406 g/mol. The van der Waals surface area contributed by atoms with Crippen LogP contribution in [0.5, 0.6) is 0 Å². The van der Waals surface area contributed by atoms with Gasteiger partial charge in [-0.3, -0.25) is 4.79 Å². The number of aliphatic imine (C=N–C) groups is 1. The molecule has 0 N–H and O–H groups in total. The van der Waals surface area contributed by atoms with E-state index in [1.165, 1.54) is 18.3 Å². The molecule has 0 radical (unpaired) electrons. The van der Waals surface area contributed by atoms with Gasteiger partial charge in [-0.05, 0) is 24.3 Å². The fraction of sp³-hybridized carbons (Fsp3) is 0.150. The van der Waals surface area contributed by atoms with Crippen molar-refractivity contribution < 1.29 is 26.7 Å². The third-order valence-corrected chi connectivity index (χ3v) is 4.84. The van der Waals surface area contributed by atoms with Crippen LogP contribution in [-0.4, -0.2) is 17.3 Å². The van der Waals surface area contributed by atoms with E-state index in [1.807, 2.05) is 0 Å². The minimum atomic E-state index is -4.52. The molecule has 0 saturated heterocycles. The number of hydrogen-bond donors (Lipinski definition) is 0. The van der Waals surface area contributed by atoms with Crippen molar-refractivity contribution in [1.29, 1.82) is 0 Å². The third-order valence-electron chi connectivity index (χ3n) is 4.84. The second-order valence-corrected chi connectivity index (χ2v) is 6.51. The van der Waals surface area contributed by atoms with E-state index in [0.29, 0.717) is 18.2 Å². The van der Waals surface area contributed by atoms with Crippen LogP contribution in [0.3, 0.4) is 0 Å². The zero-order valence-electron chi connectivity index (χ0n) is 15.0. The number of carbonyl (C=O) groups excluding carboxylic acids is 1. The van der Waals surface area contributed by atoms with E-state index in [0.717, 1.165) is 24.3 Å². The number of rotatable bonds is 3. The van der Waals surface area contributed by atoms with Crippen molar-refractivity contribution >= 4 is 23.0 Å². The van der Waals surface area contributed by atoms with Crippen molar-refractivity contribution in [2.45, 2.75) is 19.5 Å². The highest BCUT2D eigenvalue weighted by Crippen LogP contribution is 2.41. The molecular weight excluding hydrogens is 393 g/mol. The Morgan fingerprint density at radius 3 is 2.31 bits per heavy atom. The number of nitrogens with zero attached hydrogens (tertiary/aromatic N) is 3. The smallest absolute Gasteiger partial charge is 0.278 e. The van der Waals surface area contributed by atoms with Crippen LogP contribution in [0.1, 0.15) is 24.5 Å². The third kappa shape index (κ3) is 2.80. The molecule has 4 rings (SSSR count). The average Bonchev–Trinajstić information content (AvgIpc) is 3.17. The molecule has 9 heteroatoms. The number of benzene rings is 2. The Labute approximate surface area is 161 Å². The van der Waals surface area contributed by atoms with Gasteiger partial charge in [-0.1, -0.05) is 16.6 Å². The zero-order valence-corrected chi connectivity index (χ0v) is 15.0. The van der Waals surface area contributed by atoms with Gasteiger partial charge in [0.25, 0.3) is 5.78 Å². The van der Waals surface area contributed by atoms with E-state index >= 15 is 0 Å². The van der Waals surface area contributed by atoms with E-state index in [9.17, 15) is 26.7 Å². The molecular formula is C20H13F5N3O+. The number of hydrogen-bond acceptors (Lipinski definition) is 3. The Morgan fingerprint density at radius 2 is 1.72 bits per heavy atom. The molecule has 0 spiro atoms. The summed E-state index contributed by atoms with van der Waals surface area (Å²) in [5.74, 6) is -2.52. The van der Waals surface area contributed by atoms with Crippen LogP contribution in [0.25, 0.3) is 0 Å². The highest BCUT2D eigenvalue weighted by molar-refractivity contribution is 6.73. The first-order chi connectivity index (χ1) is 13.7. The van der Waals surface area contributed by atoms with E-state index in [2.05, 4.69) is 10.1 Å². The monoisotopic (exact) mass is 406 g/mol. The van der Waals surface area contributed by atoms with E-state index in [4.69, 9.17) is 0 Å². The number of alkyl halides is 3. The largest absolute Gasteiger partial charge is 0.416 e. The van der Waals surface area contributed by atoms with Crippen LogP contribution in [-0.2, 0) is 11.0 Å². The molecule has 0 saturated carbocycles. The molecule has 2 aliphatic rings. The van der Waals surface area contributed by atoms with Gasteiger partial charge in [0.05, 0.1) is 11.8 Å². The lowest BCUT2D eigenvalue weighted by atomic mass is 10.1. The summed E-state index contributed by atoms with van der Waals surface area (Å²) in [6, 6.07) is 6.95. The number of ketones is 1. The van der Waals surface area contributed by atoms with E-state index < -0.39 is 33.7 Å². The van der Waals surface area contributed by atoms with Crippen molar-refractivity contribution in [2.75, 3.05) is 0 Å². The zero-order chi connectivity index (χ0) is 21.0. The van der Waals surface area contributed by atoms with Crippen LogP contribution < -0.4 is 4.59 Å². The molecule has 0 aromatic heterocycles. The van der Waals surface area contributed by atoms with Crippen molar-refractivity contribution in [3.05, 3.63) is 77.1 Å². The summed E-state index contributed by atoms with van der Waals surface area (Å²) in [7, 11) is 0. The molecule has 1 atom stereocenters. The Kier molecular flexibility index (Phi) is 4.23. The molecule has 148 valence electrons. The SMILES string of the molecule is CCC1=CN=C2C(=O)C(c3ccc(F)cc3F)=N[N+]12c1ccc(C(F)(F)F)cc1. The Morgan fingerprint density at radius 1 is 1.03 bits per heavy atom. The fourth-order valence-corrected chi connectivity index (χ4v) is 3.45. The highest BCUT2D eigenvalue weighted by atomic mass is 19.4.